The van der Waals surface area contributed by atoms with Crippen LogP contribution in [0.4, 0.5) is 11.4 Å². The molecule has 1 aliphatic rings. The maximum absolute atomic E-state index is 12.3. The number of nitrogens with zero attached hydrogens (tertiary/aromatic N) is 2. The summed E-state index contributed by atoms with van der Waals surface area (Å²) in [5.41, 5.74) is 3.64. The molecule has 1 N–H and O–H groups in total. The topological polar surface area (TPSA) is 92.6 Å². The van der Waals surface area contributed by atoms with E-state index in [-0.39, 0.29) is 23.9 Å². The second-order valence-electron chi connectivity index (χ2n) is 6.55. The summed E-state index contributed by atoms with van der Waals surface area (Å²) in [5, 5.41) is 13.5. The summed E-state index contributed by atoms with van der Waals surface area (Å²) in [5.74, 6) is -0.0608. The molecule has 0 saturated carbocycles. The van der Waals surface area contributed by atoms with Crippen LogP contribution >= 0.6 is 0 Å². The monoisotopic (exact) mass is 367 g/mol. The number of amides is 2. The Hall–Kier alpha value is -3.22. The number of carbonyl (C=O) groups excluding carboxylic acids is 2. The van der Waals surface area contributed by atoms with Crippen LogP contribution in [0.15, 0.2) is 42.5 Å². The van der Waals surface area contributed by atoms with E-state index < -0.39 is 4.92 Å². The lowest BCUT2D eigenvalue weighted by atomic mass is 9.98. The van der Waals surface area contributed by atoms with Gasteiger partial charge < -0.3 is 10.2 Å². The van der Waals surface area contributed by atoms with Gasteiger partial charge in [-0.2, -0.15) is 0 Å². The summed E-state index contributed by atoms with van der Waals surface area (Å²) in [6.07, 6.45) is 1.44. The van der Waals surface area contributed by atoms with E-state index in [1.807, 2.05) is 30.0 Å². The van der Waals surface area contributed by atoms with Gasteiger partial charge in [0.05, 0.1) is 11.3 Å². The smallest absolute Gasteiger partial charge is 0.269 e. The number of nitrogens with one attached hydrogen (secondary N) is 1. The highest BCUT2D eigenvalue weighted by molar-refractivity contribution is 5.92. The minimum Gasteiger partial charge on any atom is -0.338 e. The number of carbonyl (C=O) groups is 2. The Morgan fingerprint density at radius 2 is 1.89 bits per heavy atom. The average molecular weight is 367 g/mol. The van der Waals surface area contributed by atoms with Crippen LogP contribution in [0, 0.1) is 10.1 Å². The zero-order valence-corrected chi connectivity index (χ0v) is 15.1. The standard InChI is InChI=1S/C20H21N3O4/c1-2-20(25)22-10-9-15-5-6-17(12-16(15)13-22)21-19(24)11-14-3-7-18(8-4-14)23(26)27/h3-8,12H,2,9-11,13H2,1H3,(H,21,24). The first-order valence-corrected chi connectivity index (χ1v) is 8.89. The molecule has 2 aromatic rings. The van der Waals surface area contributed by atoms with Gasteiger partial charge in [-0.15, -0.1) is 0 Å². The van der Waals surface area contributed by atoms with E-state index in [1.54, 1.807) is 12.1 Å². The van der Waals surface area contributed by atoms with Crippen LogP contribution in [-0.4, -0.2) is 28.2 Å². The Morgan fingerprint density at radius 1 is 1.15 bits per heavy atom. The van der Waals surface area contributed by atoms with E-state index in [4.69, 9.17) is 0 Å². The van der Waals surface area contributed by atoms with Gasteiger partial charge in [0.15, 0.2) is 0 Å². The van der Waals surface area contributed by atoms with Gasteiger partial charge in [-0.1, -0.05) is 25.1 Å². The van der Waals surface area contributed by atoms with Gasteiger partial charge in [-0.25, -0.2) is 0 Å². The molecule has 1 heterocycles. The summed E-state index contributed by atoms with van der Waals surface area (Å²) in [6, 6.07) is 11.7. The molecule has 2 amide bonds. The number of benzene rings is 2. The molecule has 0 bridgehead atoms. The molecule has 0 unspecified atom stereocenters. The zero-order chi connectivity index (χ0) is 19.4. The Labute approximate surface area is 157 Å². The summed E-state index contributed by atoms with van der Waals surface area (Å²) in [7, 11) is 0. The van der Waals surface area contributed by atoms with E-state index in [0.717, 1.165) is 18.5 Å². The van der Waals surface area contributed by atoms with Gasteiger partial charge in [-0.05, 0) is 35.2 Å². The molecule has 0 fully saturated rings. The van der Waals surface area contributed by atoms with Crippen molar-refractivity contribution in [1.82, 2.24) is 4.90 Å². The fraction of sp³-hybridized carbons (Fsp3) is 0.300. The fourth-order valence-corrected chi connectivity index (χ4v) is 3.20. The molecule has 0 aromatic heterocycles. The van der Waals surface area contributed by atoms with Crippen molar-refractivity contribution in [3.63, 3.8) is 0 Å². The van der Waals surface area contributed by atoms with E-state index in [9.17, 15) is 19.7 Å². The normalized spacial score (nSPS) is 13.0. The van der Waals surface area contributed by atoms with Gasteiger partial charge in [-0.3, -0.25) is 19.7 Å². The summed E-state index contributed by atoms with van der Waals surface area (Å²) >= 11 is 0. The van der Waals surface area contributed by atoms with Crippen LogP contribution in [0.25, 0.3) is 0 Å². The number of nitro groups is 1. The van der Waals surface area contributed by atoms with Crippen LogP contribution < -0.4 is 5.32 Å². The number of hydrogen-bond donors (Lipinski definition) is 1. The molecule has 0 atom stereocenters. The van der Waals surface area contributed by atoms with E-state index in [1.165, 1.54) is 17.7 Å². The van der Waals surface area contributed by atoms with Crippen molar-refractivity contribution in [2.75, 3.05) is 11.9 Å². The maximum atomic E-state index is 12.3. The van der Waals surface area contributed by atoms with Crippen molar-refractivity contribution in [1.29, 1.82) is 0 Å². The quantitative estimate of drug-likeness (QED) is 0.649. The van der Waals surface area contributed by atoms with Gasteiger partial charge in [0.25, 0.3) is 5.69 Å². The largest absolute Gasteiger partial charge is 0.338 e. The van der Waals surface area contributed by atoms with Crippen LogP contribution in [0.2, 0.25) is 0 Å². The SMILES string of the molecule is CCC(=O)N1CCc2ccc(NC(=O)Cc3ccc([N+](=O)[O-])cc3)cc2C1. The maximum Gasteiger partial charge on any atom is 0.269 e. The summed E-state index contributed by atoms with van der Waals surface area (Å²) in [6.45, 7) is 3.15. The Bertz CT molecular complexity index is 877. The van der Waals surface area contributed by atoms with Gasteiger partial charge in [0, 0.05) is 37.3 Å². The first kappa shape index (κ1) is 18.6. The number of nitro benzene ring substituents is 1. The molecular formula is C20H21N3O4. The van der Waals surface area contributed by atoms with Crippen molar-refractivity contribution in [3.05, 3.63) is 69.3 Å². The van der Waals surface area contributed by atoms with Crippen LogP contribution in [0.1, 0.15) is 30.0 Å². The van der Waals surface area contributed by atoms with Crippen molar-refractivity contribution >= 4 is 23.2 Å². The van der Waals surface area contributed by atoms with Gasteiger partial charge in [0.2, 0.25) is 11.8 Å². The lowest BCUT2D eigenvalue weighted by Crippen LogP contribution is -2.35. The minimum atomic E-state index is -0.469. The van der Waals surface area contributed by atoms with Crippen LogP contribution in [0.3, 0.4) is 0 Å². The average Bonchev–Trinajstić information content (AvgIpc) is 2.67. The Kier molecular flexibility index (Phi) is 5.49. The molecule has 0 saturated heterocycles. The first-order valence-electron chi connectivity index (χ1n) is 8.89. The molecule has 0 spiro atoms. The highest BCUT2D eigenvalue weighted by Crippen LogP contribution is 2.23. The minimum absolute atomic E-state index is 0.0000241. The number of non-ortho nitro benzene ring substituents is 1. The van der Waals surface area contributed by atoms with Crippen molar-refractivity contribution in [2.24, 2.45) is 0 Å². The highest BCUT2D eigenvalue weighted by Gasteiger charge is 2.20. The number of rotatable bonds is 5. The lowest BCUT2D eigenvalue weighted by molar-refractivity contribution is -0.384. The molecule has 0 radical (unpaired) electrons. The molecular weight excluding hydrogens is 346 g/mol. The van der Waals surface area contributed by atoms with Crippen molar-refractivity contribution < 1.29 is 14.5 Å². The predicted octanol–water partition coefficient (Wildman–Crippen LogP) is 3.07. The lowest BCUT2D eigenvalue weighted by Gasteiger charge is -2.29. The summed E-state index contributed by atoms with van der Waals surface area (Å²) in [4.78, 5) is 36.2. The van der Waals surface area contributed by atoms with Crippen LogP contribution in [-0.2, 0) is 29.0 Å². The number of hydrogen-bond acceptors (Lipinski definition) is 4. The third kappa shape index (κ3) is 4.49. The highest BCUT2D eigenvalue weighted by atomic mass is 16.6. The second-order valence-corrected chi connectivity index (χ2v) is 6.55. The number of fused-ring (bicyclic) bond motifs is 1. The third-order valence-corrected chi connectivity index (χ3v) is 4.67. The molecule has 3 rings (SSSR count). The molecule has 2 aromatic carbocycles. The first-order chi connectivity index (χ1) is 13.0. The molecule has 140 valence electrons. The molecule has 0 aliphatic carbocycles. The van der Waals surface area contributed by atoms with Gasteiger partial charge >= 0.3 is 0 Å². The molecule has 7 nitrogen and oxygen atoms in total. The van der Waals surface area contributed by atoms with E-state index >= 15 is 0 Å². The van der Waals surface area contributed by atoms with Crippen molar-refractivity contribution in [3.8, 4) is 0 Å². The Balaban J connectivity index is 1.65. The van der Waals surface area contributed by atoms with Gasteiger partial charge in [0.1, 0.15) is 0 Å². The number of anilines is 1. The van der Waals surface area contributed by atoms with Crippen molar-refractivity contribution in [2.45, 2.75) is 32.7 Å². The van der Waals surface area contributed by atoms with E-state index in [0.29, 0.717) is 24.2 Å². The fourth-order valence-electron chi connectivity index (χ4n) is 3.20. The van der Waals surface area contributed by atoms with E-state index in [2.05, 4.69) is 5.32 Å². The summed E-state index contributed by atoms with van der Waals surface area (Å²) < 4.78 is 0. The van der Waals surface area contributed by atoms with Crippen LogP contribution in [0.5, 0.6) is 0 Å². The predicted molar refractivity (Wildman–Crippen MR) is 101 cm³/mol. The molecule has 1 aliphatic heterocycles. The third-order valence-electron chi connectivity index (χ3n) is 4.67. The molecule has 7 heteroatoms. The zero-order valence-electron chi connectivity index (χ0n) is 15.1. The Morgan fingerprint density at radius 3 is 2.56 bits per heavy atom. The second kappa shape index (κ2) is 7.99. The molecule has 27 heavy (non-hydrogen) atoms.